The van der Waals surface area contributed by atoms with Crippen molar-refractivity contribution in [2.75, 3.05) is 19.4 Å². The molecule has 0 saturated carbocycles. The second kappa shape index (κ2) is 6.71. The Morgan fingerprint density at radius 2 is 1.91 bits per heavy atom. The van der Waals surface area contributed by atoms with Crippen LogP contribution < -0.4 is 16.2 Å². The highest BCUT2D eigenvalue weighted by Gasteiger charge is 2.13. The maximum Gasteiger partial charge on any atom is 0.142 e. The van der Waals surface area contributed by atoms with Gasteiger partial charge in [0.25, 0.3) is 0 Å². The van der Waals surface area contributed by atoms with Crippen molar-refractivity contribution in [2.45, 2.75) is 19.4 Å². The number of ether oxygens (including phenoxy) is 1. The van der Waals surface area contributed by atoms with Crippen LogP contribution in [0.3, 0.4) is 0 Å². The minimum atomic E-state index is 0.701. The number of hydrogen-bond acceptors (Lipinski definition) is 4. The molecule has 0 atom stereocenters. The first-order valence-corrected chi connectivity index (χ1v) is 7.83. The minimum absolute atomic E-state index is 0.701. The third-order valence-corrected chi connectivity index (χ3v) is 4.05. The van der Waals surface area contributed by atoms with Crippen molar-refractivity contribution >= 4 is 16.7 Å². The molecule has 2 aromatic heterocycles. The summed E-state index contributed by atoms with van der Waals surface area (Å²) in [7, 11) is 1.67. The lowest BCUT2D eigenvalue weighted by atomic mass is 10.1. The normalized spacial score (nSPS) is 11.0. The average molecular weight is 310 g/mol. The Kier molecular flexibility index (Phi) is 4.48. The fraction of sp³-hybridized carbons (Fsp3) is 0.278. The number of nitrogens with zero attached hydrogens (tertiary/aromatic N) is 2. The average Bonchev–Trinajstić information content (AvgIpc) is 2.95. The second-order valence-electron chi connectivity index (χ2n) is 5.54. The van der Waals surface area contributed by atoms with Gasteiger partial charge in [-0.25, -0.2) is 4.98 Å². The molecule has 3 rings (SSSR count). The highest BCUT2D eigenvalue weighted by molar-refractivity contribution is 5.93. The van der Waals surface area contributed by atoms with Crippen molar-refractivity contribution in [1.29, 1.82) is 0 Å². The van der Waals surface area contributed by atoms with E-state index in [0.717, 1.165) is 53.1 Å². The highest BCUT2D eigenvalue weighted by Crippen LogP contribution is 2.31. The summed E-state index contributed by atoms with van der Waals surface area (Å²) in [5, 5.41) is 0.992. The van der Waals surface area contributed by atoms with Crippen LogP contribution in [0.5, 0.6) is 5.75 Å². The van der Waals surface area contributed by atoms with Crippen LogP contribution in [0.4, 0.5) is 5.69 Å². The van der Waals surface area contributed by atoms with E-state index in [9.17, 15) is 0 Å². The number of unbranched alkanes of at least 4 members (excludes halogenated alkanes) is 1. The van der Waals surface area contributed by atoms with Crippen LogP contribution in [0.15, 0.2) is 42.6 Å². The molecule has 0 bridgehead atoms. The number of hydrogen-bond donors (Lipinski definition) is 2. The van der Waals surface area contributed by atoms with Gasteiger partial charge >= 0.3 is 0 Å². The maximum atomic E-state index is 6.12. The van der Waals surface area contributed by atoms with Crippen LogP contribution in [0, 0.1) is 0 Å². The van der Waals surface area contributed by atoms with Crippen molar-refractivity contribution < 1.29 is 4.74 Å². The third kappa shape index (κ3) is 3.00. The molecule has 0 unspecified atom stereocenters. The summed E-state index contributed by atoms with van der Waals surface area (Å²) in [6.07, 6.45) is 3.76. The lowest BCUT2D eigenvalue weighted by Crippen LogP contribution is -2.05. The Balaban J connectivity index is 2.09. The molecule has 4 N–H and O–H groups in total. The van der Waals surface area contributed by atoms with Gasteiger partial charge in [-0.1, -0.05) is 0 Å². The molecular weight excluding hydrogens is 288 g/mol. The van der Waals surface area contributed by atoms with E-state index in [1.54, 1.807) is 13.3 Å². The Morgan fingerprint density at radius 3 is 2.61 bits per heavy atom. The highest BCUT2D eigenvalue weighted by atomic mass is 16.5. The first kappa shape index (κ1) is 15.4. The summed E-state index contributed by atoms with van der Waals surface area (Å²) in [5.41, 5.74) is 15.7. The number of rotatable bonds is 6. The van der Waals surface area contributed by atoms with Gasteiger partial charge in [0, 0.05) is 23.8 Å². The van der Waals surface area contributed by atoms with Gasteiger partial charge in [-0.3, -0.25) is 0 Å². The van der Waals surface area contributed by atoms with E-state index in [1.165, 1.54) is 0 Å². The third-order valence-electron chi connectivity index (χ3n) is 4.05. The number of pyridine rings is 1. The summed E-state index contributed by atoms with van der Waals surface area (Å²) >= 11 is 0. The van der Waals surface area contributed by atoms with Crippen molar-refractivity contribution in [2.24, 2.45) is 5.73 Å². The molecule has 0 aliphatic rings. The van der Waals surface area contributed by atoms with Crippen LogP contribution in [0.1, 0.15) is 12.8 Å². The largest absolute Gasteiger partial charge is 0.497 e. The van der Waals surface area contributed by atoms with Gasteiger partial charge in [-0.05, 0) is 61.3 Å². The van der Waals surface area contributed by atoms with E-state index < -0.39 is 0 Å². The molecule has 2 heterocycles. The first-order valence-electron chi connectivity index (χ1n) is 7.83. The number of benzene rings is 1. The van der Waals surface area contributed by atoms with Crippen molar-refractivity contribution in [3.63, 3.8) is 0 Å². The molecule has 120 valence electrons. The molecule has 0 radical (unpaired) electrons. The van der Waals surface area contributed by atoms with Gasteiger partial charge in [-0.2, -0.15) is 0 Å². The molecular formula is C18H22N4O. The number of aromatic nitrogens is 2. The van der Waals surface area contributed by atoms with E-state index in [2.05, 4.69) is 27.8 Å². The second-order valence-corrected chi connectivity index (χ2v) is 5.54. The number of nitrogen functional groups attached to an aromatic ring is 1. The number of fused-ring (bicyclic) bond motifs is 1. The molecule has 3 aromatic rings. The van der Waals surface area contributed by atoms with Crippen LogP contribution in [-0.4, -0.2) is 23.2 Å². The van der Waals surface area contributed by atoms with Gasteiger partial charge in [0.15, 0.2) is 0 Å². The zero-order valence-electron chi connectivity index (χ0n) is 13.3. The molecule has 5 nitrogen and oxygen atoms in total. The fourth-order valence-electron chi connectivity index (χ4n) is 2.81. The molecule has 23 heavy (non-hydrogen) atoms. The quantitative estimate of drug-likeness (QED) is 0.686. The first-order chi connectivity index (χ1) is 11.2. The summed E-state index contributed by atoms with van der Waals surface area (Å²) in [4.78, 5) is 4.53. The van der Waals surface area contributed by atoms with Crippen molar-refractivity contribution in [1.82, 2.24) is 9.55 Å². The molecule has 0 saturated heterocycles. The Morgan fingerprint density at radius 1 is 1.13 bits per heavy atom. The molecule has 0 fully saturated rings. The predicted molar refractivity (Wildman–Crippen MR) is 94.4 cm³/mol. The maximum absolute atomic E-state index is 6.12. The molecule has 0 aliphatic carbocycles. The van der Waals surface area contributed by atoms with E-state index >= 15 is 0 Å². The fourth-order valence-corrected chi connectivity index (χ4v) is 2.81. The molecule has 0 aliphatic heterocycles. The lowest BCUT2D eigenvalue weighted by Gasteiger charge is -2.10. The van der Waals surface area contributed by atoms with Crippen LogP contribution in [0.2, 0.25) is 0 Å². The van der Waals surface area contributed by atoms with Gasteiger partial charge < -0.3 is 20.8 Å². The number of aryl methyl sites for hydroxylation is 1. The van der Waals surface area contributed by atoms with Crippen LogP contribution in [0.25, 0.3) is 22.3 Å². The van der Waals surface area contributed by atoms with E-state index in [1.807, 2.05) is 18.2 Å². The Labute approximate surface area is 135 Å². The van der Waals surface area contributed by atoms with Gasteiger partial charge in [0.05, 0.1) is 12.8 Å². The van der Waals surface area contributed by atoms with Crippen molar-refractivity contribution in [3.8, 4) is 17.0 Å². The van der Waals surface area contributed by atoms with Crippen LogP contribution in [-0.2, 0) is 6.54 Å². The zero-order chi connectivity index (χ0) is 16.2. The molecule has 0 amide bonds. The van der Waals surface area contributed by atoms with E-state index in [0.29, 0.717) is 6.54 Å². The zero-order valence-corrected chi connectivity index (χ0v) is 13.3. The summed E-state index contributed by atoms with van der Waals surface area (Å²) in [5.74, 6) is 0.845. The number of methoxy groups -OCH3 is 1. The lowest BCUT2D eigenvalue weighted by molar-refractivity contribution is 0.415. The Hall–Kier alpha value is -2.53. The van der Waals surface area contributed by atoms with Gasteiger partial charge in [0.2, 0.25) is 0 Å². The standard InChI is InChI=1S/C18H22N4O/c1-23-14-6-4-13(5-7-14)17-12-15-16(20)8-10-21-18(15)22(17)11-3-2-9-19/h4-8,10,12H,2-3,9,11,19H2,1H3,(H2,20,21). The minimum Gasteiger partial charge on any atom is -0.497 e. The summed E-state index contributed by atoms with van der Waals surface area (Å²) in [6, 6.07) is 12.0. The van der Waals surface area contributed by atoms with Gasteiger partial charge in [-0.15, -0.1) is 0 Å². The van der Waals surface area contributed by atoms with Crippen molar-refractivity contribution in [3.05, 3.63) is 42.6 Å². The Bertz CT molecular complexity index is 793. The van der Waals surface area contributed by atoms with Crippen LogP contribution >= 0.6 is 0 Å². The SMILES string of the molecule is COc1ccc(-c2cc3c(N)ccnc3n2CCCCN)cc1. The smallest absolute Gasteiger partial charge is 0.142 e. The molecule has 1 aromatic carbocycles. The topological polar surface area (TPSA) is 79.1 Å². The number of nitrogens with two attached hydrogens (primary N) is 2. The van der Waals surface area contributed by atoms with Gasteiger partial charge in [0.1, 0.15) is 11.4 Å². The predicted octanol–water partition coefficient (Wildman–Crippen LogP) is 3.03. The van der Waals surface area contributed by atoms with E-state index in [4.69, 9.17) is 16.2 Å². The monoisotopic (exact) mass is 310 g/mol. The number of anilines is 1. The summed E-state index contributed by atoms with van der Waals surface area (Å²) < 4.78 is 7.47. The van der Waals surface area contributed by atoms with E-state index in [-0.39, 0.29) is 0 Å². The molecule has 0 spiro atoms. The molecule has 5 heteroatoms. The summed E-state index contributed by atoms with van der Waals surface area (Å²) in [6.45, 7) is 1.57.